The van der Waals surface area contributed by atoms with E-state index in [2.05, 4.69) is 20.2 Å². The molecule has 1 amide bonds. The average Bonchev–Trinajstić information content (AvgIpc) is 3.34. The number of hydrogen-bond donors (Lipinski definition) is 2. The number of aromatic amines is 1. The Labute approximate surface area is 195 Å². The lowest BCUT2D eigenvalue weighted by molar-refractivity contribution is -0.118. The van der Waals surface area contributed by atoms with E-state index in [9.17, 15) is 9.59 Å². The molecule has 0 radical (unpaired) electrons. The molecule has 9 heteroatoms. The zero-order valence-corrected chi connectivity index (χ0v) is 20.2. The van der Waals surface area contributed by atoms with Crippen LogP contribution in [-0.4, -0.2) is 54.3 Å². The predicted octanol–water partition coefficient (Wildman–Crippen LogP) is 3.13. The highest BCUT2D eigenvalue weighted by molar-refractivity contribution is 7.99. The molecule has 0 spiro atoms. The van der Waals surface area contributed by atoms with Crippen molar-refractivity contribution in [3.63, 3.8) is 0 Å². The number of aryl methyl sites for hydroxylation is 2. The summed E-state index contributed by atoms with van der Waals surface area (Å²) in [6.07, 6.45) is 3.14. The lowest BCUT2D eigenvalue weighted by Gasteiger charge is -2.25. The molecule has 2 aromatic heterocycles. The van der Waals surface area contributed by atoms with Gasteiger partial charge in [0.2, 0.25) is 5.91 Å². The van der Waals surface area contributed by atoms with Gasteiger partial charge in [-0.15, -0.1) is 23.1 Å². The molecule has 1 atom stereocenters. The largest absolute Gasteiger partial charge is 0.497 e. The van der Waals surface area contributed by atoms with E-state index in [1.165, 1.54) is 22.2 Å². The fourth-order valence-corrected chi connectivity index (χ4v) is 6.07. The number of ether oxygens (including phenoxy) is 1. The van der Waals surface area contributed by atoms with Crippen LogP contribution in [0.15, 0.2) is 29.1 Å². The van der Waals surface area contributed by atoms with Crippen molar-refractivity contribution in [1.29, 1.82) is 0 Å². The van der Waals surface area contributed by atoms with E-state index in [-0.39, 0.29) is 17.5 Å². The molecule has 2 heterocycles. The lowest BCUT2D eigenvalue weighted by Crippen LogP contribution is -2.35. The number of amides is 1. The van der Waals surface area contributed by atoms with Crippen molar-refractivity contribution in [3.8, 4) is 5.75 Å². The van der Waals surface area contributed by atoms with Crippen LogP contribution in [-0.2, 0) is 23.4 Å². The summed E-state index contributed by atoms with van der Waals surface area (Å²) >= 11 is 3.09. The molecule has 1 aliphatic carbocycles. The number of thioether (sulfide) groups is 1. The molecule has 1 aromatic carbocycles. The van der Waals surface area contributed by atoms with Crippen LogP contribution in [0.3, 0.4) is 0 Å². The monoisotopic (exact) mass is 472 g/mol. The normalized spacial score (nSPS) is 14.0. The number of carbonyl (C=O) groups excluding carboxylic acids is 1. The number of nitrogens with zero attached hydrogens (tertiary/aromatic N) is 2. The zero-order valence-electron chi connectivity index (χ0n) is 18.6. The molecule has 3 aromatic rings. The molecule has 0 saturated carbocycles. The van der Waals surface area contributed by atoms with Crippen LogP contribution in [0.25, 0.3) is 10.2 Å². The smallest absolute Gasteiger partial charge is 0.259 e. The number of nitrogens with one attached hydrogen (secondary N) is 2. The first-order valence-corrected chi connectivity index (χ1v) is 12.6. The van der Waals surface area contributed by atoms with E-state index in [0.29, 0.717) is 23.9 Å². The molecule has 4 rings (SSSR count). The number of H-pyrrole nitrogens is 1. The van der Waals surface area contributed by atoms with Crippen LogP contribution in [0.2, 0.25) is 0 Å². The number of fused-ring (bicyclic) bond motifs is 3. The number of methoxy groups -OCH3 is 1. The number of likely N-dealkylation sites (N-methyl/N-ethyl adjacent to an activating group) is 1. The number of aromatic nitrogens is 2. The van der Waals surface area contributed by atoms with Crippen LogP contribution in [0, 0.1) is 0 Å². The van der Waals surface area contributed by atoms with Crippen LogP contribution < -0.4 is 15.6 Å². The van der Waals surface area contributed by atoms with Crippen molar-refractivity contribution in [1.82, 2.24) is 20.2 Å². The number of rotatable bonds is 9. The number of benzene rings is 1. The Morgan fingerprint density at radius 2 is 2.22 bits per heavy atom. The number of carbonyl (C=O) groups is 1. The Hall–Kier alpha value is -2.36. The summed E-state index contributed by atoms with van der Waals surface area (Å²) in [5.74, 6) is 2.19. The van der Waals surface area contributed by atoms with Gasteiger partial charge >= 0.3 is 0 Å². The van der Waals surface area contributed by atoms with Gasteiger partial charge in [-0.3, -0.25) is 9.59 Å². The van der Waals surface area contributed by atoms with Gasteiger partial charge in [-0.05, 0) is 56.6 Å². The Bertz CT molecular complexity index is 1170. The quantitative estimate of drug-likeness (QED) is 0.498. The summed E-state index contributed by atoms with van der Waals surface area (Å²) in [7, 11) is 5.63. The minimum atomic E-state index is -0.0541. The number of thiophene rings is 1. The highest BCUT2D eigenvalue weighted by Crippen LogP contribution is 2.34. The van der Waals surface area contributed by atoms with Crippen LogP contribution in [0.1, 0.15) is 34.3 Å². The molecule has 32 heavy (non-hydrogen) atoms. The first-order valence-electron chi connectivity index (χ1n) is 10.6. The van der Waals surface area contributed by atoms with Gasteiger partial charge in [-0.2, -0.15) is 0 Å². The summed E-state index contributed by atoms with van der Waals surface area (Å²) in [5, 5.41) is 3.79. The lowest BCUT2D eigenvalue weighted by atomic mass is 10.1. The van der Waals surface area contributed by atoms with E-state index in [1.807, 2.05) is 38.4 Å². The molecule has 7 nitrogen and oxygen atoms in total. The molecule has 2 N–H and O–H groups in total. The van der Waals surface area contributed by atoms with Gasteiger partial charge < -0.3 is 19.9 Å². The Morgan fingerprint density at radius 3 is 3.00 bits per heavy atom. The first kappa shape index (κ1) is 22.8. The van der Waals surface area contributed by atoms with E-state index >= 15 is 0 Å². The molecular formula is C23H28N4O3S2. The van der Waals surface area contributed by atoms with Gasteiger partial charge in [0.1, 0.15) is 16.4 Å². The minimum Gasteiger partial charge on any atom is -0.497 e. The standard InChI is InChI=1S/C23H28N4O3S2/c1-27(2)17(14-6-4-7-15(10-14)30-3)11-24-20(28)13-31-12-19-25-22(29)21-16-8-5-9-18(16)32-23(21)26-19/h4,6-7,10,17H,5,8-9,11-13H2,1-3H3,(H,24,28)(H,25,26,29). The zero-order chi connectivity index (χ0) is 22.7. The summed E-state index contributed by atoms with van der Waals surface area (Å²) in [5.41, 5.74) is 2.21. The fourth-order valence-electron chi connectivity index (χ4n) is 4.06. The predicted molar refractivity (Wildman–Crippen MR) is 131 cm³/mol. The van der Waals surface area contributed by atoms with Crippen molar-refractivity contribution in [3.05, 3.63) is 56.4 Å². The van der Waals surface area contributed by atoms with Crippen LogP contribution >= 0.6 is 23.1 Å². The molecular weight excluding hydrogens is 444 g/mol. The second-order valence-corrected chi connectivity index (χ2v) is 10.2. The molecule has 0 saturated heterocycles. The van der Waals surface area contributed by atoms with E-state index in [0.717, 1.165) is 40.8 Å². The van der Waals surface area contributed by atoms with Gasteiger partial charge in [0.25, 0.3) is 5.56 Å². The summed E-state index contributed by atoms with van der Waals surface area (Å²) < 4.78 is 5.32. The highest BCUT2D eigenvalue weighted by Gasteiger charge is 2.21. The third-order valence-electron chi connectivity index (χ3n) is 5.69. The van der Waals surface area contributed by atoms with Gasteiger partial charge in [-0.1, -0.05) is 12.1 Å². The van der Waals surface area contributed by atoms with Gasteiger partial charge in [-0.25, -0.2) is 4.98 Å². The molecule has 1 unspecified atom stereocenters. The Kier molecular flexibility index (Phi) is 7.17. The molecule has 170 valence electrons. The van der Waals surface area contributed by atoms with Crippen molar-refractivity contribution in [2.75, 3.05) is 33.5 Å². The van der Waals surface area contributed by atoms with Crippen LogP contribution in [0.5, 0.6) is 5.75 Å². The van der Waals surface area contributed by atoms with Gasteiger partial charge in [0.05, 0.1) is 30.0 Å². The second-order valence-electron chi connectivity index (χ2n) is 8.10. The summed E-state index contributed by atoms with van der Waals surface area (Å²) in [4.78, 5) is 36.7. The maximum Gasteiger partial charge on any atom is 0.259 e. The van der Waals surface area contributed by atoms with Gasteiger partial charge in [0, 0.05) is 11.4 Å². The molecule has 1 aliphatic rings. The molecule has 0 aliphatic heterocycles. The maximum absolute atomic E-state index is 12.5. The van der Waals surface area contributed by atoms with E-state index in [1.54, 1.807) is 18.4 Å². The van der Waals surface area contributed by atoms with Crippen LogP contribution in [0.4, 0.5) is 0 Å². The SMILES string of the molecule is COc1cccc(C(CNC(=O)CSCc2nc3sc4c(c3c(=O)[nH]2)CCC4)N(C)C)c1. The third kappa shape index (κ3) is 5.00. The van der Waals surface area contributed by atoms with Crippen molar-refractivity contribution < 1.29 is 9.53 Å². The average molecular weight is 473 g/mol. The Balaban J connectivity index is 1.31. The summed E-state index contributed by atoms with van der Waals surface area (Å²) in [6.45, 7) is 0.501. The highest BCUT2D eigenvalue weighted by atomic mass is 32.2. The number of hydrogen-bond acceptors (Lipinski definition) is 7. The minimum absolute atomic E-state index is 0.0386. The maximum atomic E-state index is 12.5. The topological polar surface area (TPSA) is 87.3 Å². The van der Waals surface area contributed by atoms with E-state index in [4.69, 9.17) is 4.74 Å². The molecule has 0 bridgehead atoms. The van der Waals surface area contributed by atoms with Crippen molar-refractivity contribution >= 4 is 39.2 Å². The van der Waals surface area contributed by atoms with E-state index < -0.39 is 0 Å². The Morgan fingerprint density at radius 1 is 1.38 bits per heavy atom. The molecule has 0 fully saturated rings. The first-order chi connectivity index (χ1) is 15.5. The summed E-state index contributed by atoms with van der Waals surface area (Å²) in [6, 6.07) is 7.93. The van der Waals surface area contributed by atoms with Crippen molar-refractivity contribution in [2.24, 2.45) is 0 Å². The van der Waals surface area contributed by atoms with Gasteiger partial charge in [0.15, 0.2) is 0 Å². The van der Waals surface area contributed by atoms with Crippen molar-refractivity contribution in [2.45, 2.75) is 31.1 Å². The second kappa shape index (κ2) is 10.1. The fraction of sp³-hybridized carbons (Fsp3) is 0.435. The third-order valence-corrected chi connectivity index (χ3v) is 7.82.